The first-order chi connectivity index (χ1) is 9.11. The molecule has 100 valence electrons. The van der Waals surface area contributed by atoms with E-state index in [2.05, 4.69) is 21.2 Å². The molecule has 3 N–H and O–H groups in total. The molecule has 0 bridgehead atoms. The molecule has 5 heteroatoms. The van der Waals surface area contributed by atoms with Gasteiger partial charge >= 0.3 is 0 Å². The fourth-order valence-corrected chi connectivity index (χ4v) is 2.25. The van der Waals surface area contributed by atoms with Crippen LogP contribution in [0.25, 0.3) is 0 Å². The van der Waals surface area contributed by atoms with Crippen molar-refractivity contribution < 1.29 is 4.39 Å². The lowest BCUT2D eigenvalue weighted by atomic mass is 10.1. The van der Waals surface area contributed by atoms with Crippen LogP contribution in [0.4, 0.5) is 10.1 Å². The van der Waals surface area contributed by atoms with E-state index in [0.717, 1.165) is 10.2 Å². The monoisotopic (exact) mass is 342 g/mol. The van der Waals surface area contributed by atoms with Crippen molar-refractivity contribution in [3.63, 3.8) is 0 Å². The van der Waals surface area contributed by atoms with Crippen molar-refractivity contribution in [2.75, 3.05) is 11.9 Å². The molecule has 0 saturated heterocycles. The molecule has 1 unspecified atom stereocenters. The Morgan fingerprint density at radius 3 is 2.53 bits per heavy atom. The molecule has 2 rings (SSSR count). The summed E-state index contributed by atoms with van der Waals surface area (Å²) >= 11 is 9.15. The predicted octanol–water partition coefficient (Wildman–Crippen LogP) is 4.35. The van der Waals surface area contributed by atoms with Gasteiger partial charge in [0.2, 0.25) is 0 Å². The second kappa shape index (κ2) is 6.37. The molecule has 0 fully saturated rings. The van der Waals surface area contributed by atoms with Crippen molar-refractivity contribution in [3.8, 4) is 0 Å². The summed E-state index contributed by atoms with van der Waals surface area (Å²) in [6, 6.07) is 12.2. The Morgan fingerprint density at radius 2 is 1.89 bits per heavy atom. The Morgan fingerprint density at radius 1 is 1.21 bits per heavy atom. The van der Waals surface area contributed by atoms with Crippen molar-refractivity contribution in [1.82, 2.24) is 0 Å². The highest BCUT2D eigenvalue weighted by atomic mass is 79.9. The van der Waals surface area contributed by atoms with Gasteiger partial charge in [0, 0.05) is 22.3 Å². The zero-order valence-corrected chi connectivity index (χ0v) is 12.4. The molecule has 2 aromatic carbocycles. The zero-order chi connectivity index (χ0) is 13.8. The van der Waals surface area contributed by atoms with Crippen LogP contribution in [-0.2, 0) is 0 Å². The summed E-state index contributed by atoms with van der Waals surface area (Å²) < 4.78 is 15.0. The Kier molecular flexibility index (Phi) is 4.80. The van der Waals surface area contributed by atoms with Gasteiger partial charge in [0.15, 0.2) is 0 Å². The Bertz CT molecular complexity index is 560. The molecule has 0 aliphatic carbocycles. The number of hydrogen-bond acceptors (Lipinski definition) is 2. The number of rotatable bonds is 4. The van der Waals surface area contributed by atoms with Gasteiger partial charge in [-0.05, 0) is 30.3 Å². The van der Waals surface area contributed by atoms with E-state index in [1.54, 1.807) is 12.1 Å². The van der Waals surface area contributed by atoms with Gasteiger partial charge in [0.05, 0.1) is 11.1 Å². The summed E-state index contributed by atoms with van der Waals surface area (Å²) in [5.74, 6) is -0.427. The Hall–Kier alpha value is -1.10. The lowest BCUT2D eigenvalue weighted by Gasteiger charge is -2.19. The second-order valence-corrected chi connectivity index (χ2v) is 5.41. The van der Waals surface area contributed by atoms with E-state index >= 15 is 0 Å². The van der Waals surface area contributed by atoms with E-state index in [0.29, 0.717) is 5.56 Å². The molecule has 0 heterocycles. The van der Waals surface area contributed by atoms with Gasteiger partial charge in [-0.1, -0.05) is 39.7 Å². The molecule has 1 atom stereocenters. The lowest BCUT2D eigenvalue weighted by Crippen LogP contribution is -2.21. The molecule has 0 saturated carbocycles. The van der Waals surface area contributed by atoms with Gasteiger partial charge in [0.1, 0.15) is 5.82 Å². The molecule has 19 heavy (non-hydrogen) atoms. The highest BCUT2D eigenvalue weighted by Crippen LogP contribution is 2.26. The standard InChI is InChI=1S/C14H13BrClFN2/c15-9-4-6-10(7-5-9)19-13(8-18)11-2-1-3-12(16)14(11)17/h1-7,13,19H,8,18H2. The van der Waals surface area contributed by atoms with Crippen molar-refractivity contribution >= 4 is 33.2 Å². The number of halogens is 3. The van der Waals surface area contributed by atoms with Crippen molar-refractivity contribution in [2.45, 2.75) is 6.04 Å². The van der Waals surface area contributed by atoms with E-state index < -0.39 is 5.82 Å². The maximum absolute atomic E-state index is 14.0. The van der Waals surface area contributed by atoms with Gasteiger partial charge in [-0.15, -0.1) is 0 Å². The largest absolute Gasteiger partial charge is 0.377 e. The number of hydrogen-bond donors (Lipinski definition) is 2. The van der Waals surface area contributed by atoms with Crippen molar-refractivity contribution in [3.05, 3.63) is 63.3 Å². The van der Waals surface area contributed by atoms with Crippen LogP contribution in [0.2, 0.25) is 5.02 Å². The number of anilines is 1. The normalized spacial score (nSPS) is 12.2. The molecule has 0 aromatic heterocycles. The van der Waals surface area contributed by atoms with Gasteiger partial charge in [0.25, 0.3) is 0 Å². The maximum atomic E-state index is 14.0. The Balaban J connectivity index is 2.25. The predicted molar refractivity (Wildman–Crippen MR) is 81.0 cm³/mol. The molecular formula is C14H13BrClFN2. The zero-order valence-electron chi connectivity index (χ0n) is 10.0. The average molecular weight is 344 g/mol. The molecular weight excluding hydrogens is 331 g/mol. The Labute approximate surface area is 124 Å². The van der Waals surface area contributed by atoms with E-state index in [9.17, 15) is 4.39 Å². The highest BCUT2D eigenvalue weighted by Gasteiger charge is 2.16. The van der Waals surface area contributed by atoms with E-state index in [-0.39, 0.29) is 17.6 Å². The quantitative estimate of drug-likeness (QED) is 0.866. The van der Waals surface area contributed by atoms with E-state index in [1.807, 2.05) is 24.3 Å². The maximum Gasteiger partial charge on any atom is 0.147 e. The summed E-state index contributed by atoms with van der Waals surface area (Å²) in [4.78, 5) is 0. The van der Waals surface area contributed by atoms with Crippen LogP contribution in [0.1, 0.15) is 11.6 Å². The van der Waals surface area contributed by atoms with Gasteiger partial charge in [-0.25, -0.2) is 4.39 Å². The number of benzene rings is 2. The fourth-order valence-electron chi connectivity index (χ4n) is 1.80. The topological polar surface area (TPSA) is 38.0 Å². The molecule has 2 aromatic rings. The summed E-state index contributed by atoms with van der Waals surface area (Å²) in [6.07, 6.45) is 0. The third kappa shape index (κ3) is 3.47. The van der Waals surface area contributed by atoms with Crippen LogP contribution < -0.4 is 11.1 Å². The van der Waals surface area contributed by atoms with E-state index in [4.69, 9.17) is 17.3 Å². The molecule has 0 aliphatic rings. The van der Waals surface area contributed by atoms with Crippen LogP contribution >= 0.6 is 27.5 Å². The SMILES string of the molecule is NCC(Nc1ccc(Br)cc1)c1cccc(Cl)c1F. The molecule has 0 amide bonds. The minimum absolute atomic E-state index is 0.105. The van der Waals surface area contributed by atoms with Crippen LogP contribution in [0.5, 0.6) is 0 Å². The number of nitrogens with one attached hydrogen (secondary N) is 1. The fraction of sp³-hybridized carbons (Fsp3) is 0.143. The van der Waals surface area contributed by atoms with Gasteiger partial charge in [-0.3, -0.25) is 0 Å². The van der Waals surface area contributed by atoms with Crippen molar-refractivity contribution in [2.24, 2.45) is 5.73 Å². The van der Waals surface area contributed by atoms with Crippen LogP contribution in [0, 0.1) is 5.82 Å². The smallest absolute Gasteiger partial charge is 0.147 e. The van der Waals surface area contributed by atoms with Crippen molar-refractivity contribution in [1.29, 1.82) is 0 Å². The first kappa shape index (κ1) is 14.3. The van der Waals surface area contributed by atoms with Gasteiger partial charge in [-0.2, -0.15) is 0 Å². The van der Waals surface area contributed by atoms with Crippen LogP contribution in [0.3, 0.4) is 0 Å². The first-order valence-electron chi connectivity index (χ1n) is 5.78. The third-order valence-electron chi connectivity index (χ3n) is 2.78. The number of nitrogens with two attached hydrogens (primary N) is 1. The first-order valence-corrected chi connectivity index (χ1v) is 6.95. The van der Waals surface area contributed by atoms with Crippen LogP contribution in [-0.4, -0.2) is 6.54 Å². The summed E-state index contributed by atoms with van der Waals surface area (Å²) in [7, 11) is 0. The van der Waals surface area contributed by atoms with E-state index in [1.165, 1.54) is 6.07 Å². The minimum Gasteiger partial charge on any atom is -0.377 e. The van der Waals surface area contributed by atoms with Gasteiger partial charge < -0.3 is 11.1 Å². The molecule has 2 nitrogen and oxygen atoms in total. The minimum atomic E-state index is -0.427. The highest BCUT2D eigenvalue weighted by molar-refractivity contribution is 9.10. The average Bonchev–Trinajstić information content (AvgIpc) is 2.42. The second-order valence-electron chi connectivity index (χ2n) is 4.08. The van der Waals surface area contributed by atoms with Crippen LogP contribution in [0.15, 0.2) is 46.9 Å². The summed E-state index contributed by atoms with van der Waals surface area (Å²) in [5.41, 5.74) is 7.06. The molecule has 0 spiro atoms. The lowest BCUT2D eigenvalue weighted by molar-refractivity contribution is 0.594. The third-order valence-corrected chi connectivity index (χ3v) is 3.60. The summed E-state index contributed by atoms with van der Waals surface area (Å²) in [6.45, 7) is 0.271. The molecule has 0 radical (unpaired) electrons. The summed E-state index contributed by atoms with van der Waals surface area (Å²) in [5, 5.41) is 3.30. The molecule has 0 aliphatic heterocycles.